The van der Waals surface area contributed by atoms with Gasteiger partial charge in [0.1, 0.15) is 16.8 Å². The maximum absolute atomic E-state index is 12.1. The quantitative estimate of drug-likeness (QED) is 0.661. The Morgan fingerprint density at radius 3 is 2.56 bits per heavy atom. The summed E-state index contributed by atoms with van der Waals surface area (Å²) in [5.41, 5.74) is 8.11. The highest BCUT2D eigenvalue weighted by molar-refractivity contribution is 7.91. The van der Waals surface area contributed by atoms with Gasteiger partial charge in [-0.1, -0.05) is 0 Å². The van der Waals surface area contributed by atoms with E-state index < -0.39 is 11.2 Å². The number of nitrogens with zero attached hydrogens (tertiary/aromatic N) is 2. The van der Waals surface area contributed by atoms with Crippen LogP contribution >= 0.6 is 0 Å². The molecule has 1 atom stereocenters. The lowest BCUT2D eigenvalue weighted by Crippen LogP contribution is -2.41. The maximum Gasteiger partial charge on any atom is 0.319 e. The van der Waals surface area contributed by atoms with Crippen molar-refractivity contribution in [1.29, 1.82) is 0 Å². The van der Waals surface area contributed by atoms with Gasteiger partial charge in [-0.3, -0.25) is 0 Å². The predicted octanol–water partition coefficient (Wildman–Crippen LogP) is 2.81. The van der Waals surface area contributed by atoms with Crippen molar-refractivity contribution >= 4 is 28.7 Å². The molecule has 1 heterocycles. The smallest absolute Gasteiger partial charge is 0.319 e. The number of hydrogen-bond donors (Lipinski definition) is 3. The first-order valence-corrected chi connectivity index (χ1v) is 10.6. The fourth-order valence-corrected chi connectivity index (χ4v) is 4.26. The van der Waals surface area contributed by atoms with Crippen molar-refractivity contribution in [3.63, 3.8) is 0 Å². The van der Waals surface area contributed by atoms with Gasteiger partial charge in [-0.15, -0.1) is 0 Å². The van der Waals surface area contributed by atoms with E-state index in [4.69, 9.17) is 5.73 Å². The molecule has 142 valence electrons. The zero-order valence-corrected chi connectivity index (χ0v) is 15.8. The van der Waals surface area contributed by atoms with Gasteiger partial charge < -0.3 is 20.9 Å². The number of benzene rings is 1. The maximum atomic E-state index is 12.1. The van der Waals surface area contributed by atoms with Crippen LogP contribution < -0.4 is 16.4 Å². The molecule has 2 fully saturated rings. The van der Waals surface area contributed by atoms with E-state index in [0.717, 1.165) is 31.2 Å². The van der Waals surface area contributed by atoms with E-state index in [1.165, 1.54) is 6.42 Å². The summed E-state index contributed by atoms with van der Waals surface area (Å²) in [5, 5.41) is 6.08. The zero-order chi connectivity index (χ0) is 18.8. The molecule has 1 aromatic heterocycles. The third-order valence-electron chi connectivity index (χ3n) is 4.83. The summed E-state index contributed by atoms with van der Waals surface area (Å²) in [6.45, 7) is 0. The predicted molar refractivity (Wildman–Crippen MR) is 107 cm³/mol. The minimum atomic E-state index is -0.896. The number of nitrogens with two attached hydrogens (primary N) is 1. The summed E-state index contributed by atoms with van der Waals surface area (Å²) in [5.74, 6) is 1.28. The number of amides is 2. The van der Waals surface area contributed by atoms with Gasteiger partial charge in [0, 0.05) is 23.4 Å². The van der Waals surface area contributed by atoms with Crippen molar-refractivity contribution in [2.75, 3.05) is 11.1 Å². The number of nitrogen functional groups attached to an aromatic ring is 1. The van der Waals surface area contributed by atoms with Crippen LogP contribution in [0.3, 0.4) is 0 Å². The van der Waals surface area contributed by atoms with Gasteiger partial charge in [-0.05, 0) is 67.5 Å². The monoisotopic (exact) mass is 385 g/mol. The van der Waals surface area contributed by atoms with Gasteiger partial charge in [0.25, 0.3) is 0 Å². The topological polar surface area (TPSA) is 116 Å². The van der Waals surface area contributed by atoms with Crippen LogP contribution in [0.4, 0.5) is 16.3 Å². The second-order valence-electron chi connectivity index (χ2n) is 7.14. The lowest BCUT2D eigenvalue weighted by Gasteiger charge is -2.26. The van der Waals surface area contributed by atoms with Crippen LogP contribution in [0.25, 0.3) is 11.4 Å². The Bertz CT molecular complexity index is 821. The number of hydrogen-bond acceptors (Lipinski definition) is 5. The van der Waals surface area contributed by atoms with Gasteiger partial charge in [-0.2, -0.15) is 0 Å². The summed E-state index contributed by atoms with van der Waals surface area (Å²) in [7, 11) is 0. The highest BCUT2D eigenvalue weighted by Crippen LogP contribution is 2.31. The largest absolute Gasteiger partial charge is 0.616 e. The molecule has 2 aliphatic rings. The zero-order valence-electron chi connectivity index (χ0n) is 15.0. The van der Waals surface area contributed by atoms with Gasteiger partial charge in [0.05, 0.1) is 5.69 Å². The lowest BCUT2D eigenvalue weighted by atomic mass is 9.93. The van der Waals surface area contributed by atoms with Gasteiger partial charge >= 0.3 is 6.03 Å². The first-order chi connectivity index (χ1) is 13.1. The van der Waals surface area contributed by atoms with Crippen molar-refractivity contribution in [2.24, 2.45) is 0 Å². The van der Waals surface area contributed by atoms with Crippen molar-refractivity contribution in [2.45, 2.75) is 49.1 Å². The number of nitrogens with one attached hydrogen (secondary N) is 2. The molecule has 2 aliphatic carbocycles. The Morgan fingerprint density at radius 1 is 1.19 bits per heavy atom. The lowest BCUT2D eigenvalue weighted by molar-refractivity contribution is 0.240. The number of urea groups is 1. The number of anilines is 2. The fourth-order valence-electron chi connectivity index (χ4n) is 2.92. The van der Waals surface area contributed by atoms with E-state index >= 15 is 0 Å². The summed E-state index contributed by atoms with van der Waals surface area (Å²) < 4.78 is 12.1. The summed E-state index contributed by atoms with van der Waals surface area (Å²) >= 11 is -0.896. The molecule has 2 amide bonds. The average Bonchev–Trinajstić information content (AvgIpc) is 3.43. The number of carbonyl (C=O) groups excluding carboxylic acids is 1. The standard InChI is InChI=1S/C19H23N5O2S/c20-17-10-15(11-27(26)16-8-9-16)21-18(24-17)12-4-6-14(7-5-12)23-19(25)22-13-2-1-3-13/h4-7,10,13,16H,1-3,8-9,11H2,(H2,20,21,24)(H2,22,23,25). The van der Waals surface area contributed by atoms with Crippen LogP contribution in [0, 0.1) is 0 Å². The molecule has 0 saturated heterocycles. The Morgan fingerprint density at radius 2 is 1.93 bits per heavy atom. The molecule has 2 aromatic rings. The molecule has 27 heavy (non-hydrogen) atoms. The van der Waals surface area contributed by atoms with E-state index in [1.807, 2.05) is 24.3 Å². The Labute approximate surface area is 161 Å². The van der Waals surface area contributed by atoms with E-state index in [0.29, 0.717) is 40.1 Å². The van der Waals surface area contributed by atoms with Gasteiger partial charge in [0.2, 0.25) is 0 Å². The average molecular weight is 385 g/mol. The minimum Gasteiger partial charge on any atom is -0.616 e. The highest BCUT2D eigenvalue weighted by Gasteiger charge is 2.34. The Balaban J connectivity index is 1.43. The summed E-state index contributed by atoms with van der Waals surface area (Å²) in [4.78, 5) is 20.7. The first kappa shape index (κ1) is 18.1. The summed E-state index contributed by atoms with van der Waals surface area (Å²) in [6.07, 6.45) is 5.34. The second kappa shape index (κ2) is 7.74. The minimum absolute atomic E-state index is 0.183. The van der Waals surface area contributed by atoms with Crippen LogP contribution in [0.1, 0.15) is 37.8 Å². The van der Waals surface area contributed by atoms with Crippen molar-refractivity contribution in [3.8, 4) is 11.4 Å². The molecule has 0 radical (unpaired) electrons. The third-order valence-corrected chi connectivity index (χ3v) is 6.62. The summed E-state index contributed by atoms with van der Waals surface area (Å²) in [6, 6.07) is 9.10. The molecule has 0 bridgehead atoms. The second-order valence-corrected chi connectivity index (χ2v) is 8.85. The number of aromatic nitrogens is 2. The Hall–Kier alpha value is -2.32. The highest BCUT2D eigenvalue weighted by atomic mass is 32.2. The van der Waals surface area contributed by atoms with Crippen molar-refractivity contribution in [3.05, 3.63) is 36.0 Å². The molecular formula is C19H23N5O2S. The molecule has 1 aromatic carbocycles. The van der Waals surface area contributed by atoms with Crippen LogP contribution in [-0.2, 0) is 16.9 Å². The molecule has 2 saturated carbocycles. The SMILES string of the molecule is Nc1cc(C[S+]([O-])C2CC2)nc(-c2ccc(NC(=O)NC3CCC3)cc2)n1. The first-order valence-electron chi connectivity index (χ1n) is 9.25. The van der Waals surface area contributed by atoms with Gasteiger partial charge in [-0.25, -0.2) is 14.8 Å². The van der Waals surface area contributed by atoms with Crippen molar-refractivity contribution in [1.82, 2.24) is 15.3 Å². The Kier molecular flexibility index (Phi) is 5.18. The number of carbonyl (C=O) groups is 1. The van der Waals surface area contributed by atoms with E-state index in [-0.39, 0.29) is 6.03 Å². The molecule has 4 N–H and O–H groups in total. The molecular weight excluding hydrogens is 362 g/mol. The molecule has 8 heteroatoms. The molecule has 4 rings (SSSR count). The van der Waals surface area contributed by atoms with E-state index in [1.54, 1.807) is 6.07 Å². The number of rotatable bonds is 6. The fraction of sp³-hybridized carbons (Fsp3) is 0.421. The normalized spacial score (nSPS) is 17.8. The molecule has 7 nitrogen and oxygen atoms in total. The van der Waals surface area contributed by atoms with Gasteiger partial charge in [0.15, 0.2) is 5.82 Å². The van der Waals surface area contributed by atoms with E-state index in [2.05, 4.69) is 20.6 Å². The van der Waals surface area contributed by atoms with Crippen LogP contribution in [0.2, 0.25) is 0 Å². The van der Waals surface area contributed by atoms with Crippen LogP contribution in [0.15, 0.2) is 30.3 Å². The third kappa shape index (κ3) is 4.70. The molecule has 1 unspecified atom stereocenters. The molecule has 0 aliphatic heterocycles. The van der Waals surface area contributed by atoms with Crippen LogP contribution in [0.5, 0.6) is 0 Å². The van der Waals surface area contributed by atoms with E-state index in [9.17, 15) is 9.35 Å². The van der Waals surface area contributed by atoms with Crippen LogP contribution in [-0.4, -0.2) is 31.8 Å². The molecule has 0 spiro atoms. The van der Waals surface area contributed by atoms with Crippen molar-refractivity contribution < 1.29 is 9.35 Å².